The maximum absolute atomic E-state index is 14.7. The van der Waals surface area contributed by atoms with Gasteiger partial charge in [-0.05, 0) is 58.3 Å². The van der Waals surface area contributed by atoms with E-state index in [4.69, 9.17) is 0 Å². The summed E-state index contributed by atoms with van der Waals surface area (Å²) in [5, 5.41) is 9.85. The summed E-state index contributed by atoms with van der Waals surface area (Å²) in [6, 6.07) is 34.5. The van der Waals surface area contributed by atoms with Crippen LogP contribution in [0.3, 0.4) is 0 Å². The molecule has 0 bridgehead atoms. The van der Waals surface area contributed by atoms with Gasteiger partial charge in [-0.1, -0.05) is 97.1 Å². The molecule has 2 N–H and O–H groups in total. The SMILES string of the molecule is FC(F)(F)C(c1ccc(Nc2cccc3ccccc23)cc1)(c1ccc(Nc2cccc3ccccc23)cc1)C(F)(F)F. The molecule has 0 fully saturated rings. The normalized spacial score (nSPS) is 12.4. The monoisotopic (exact) mass is 586 g/mol. The van der Waals surface area contributed by atoms with Gasteiger partial charge in [0.15, 0.2) is 0 Å². The van der Waals surface area contributed by atoms with Crippen LogP contribution < -0.4 is 10.6 Å². The molecule has 0 radical (unpaired) electrons. The molecule has 0 aliphatic rings. The van der Waals surface area contributed by atoms with E-state index in [1.54, 1.807) is 12.1 Å². The molecular formula is C35H24F6N2. The molecule has 0 spiro atoms. The summed E-state index contributed by atoms with van der Waals surface area (Å²) < 4.78 is 88.4. The second kappa shape index (κ2) is 10.7. The number of hydrogen-bond acceptors (Lipinski definition) is 2. The van der Waals surface area contributed by atoms with E-state index in [0.717, 1.165) is 45.8 Å². The van der Waals surface area contributed by atoms with E-state index >= 15 is 0 Å². The number of halogens is 6. The van der Waals surface area contributed by atoms with Gasteiger partial charge in [0.1, 0.15) is 0 Å². The fourth-order valence-electron chi connectivity index (χ4n) is 5.57. The molecule has 0 atom stereocenters. The van der Waals surface area contributed by atoms with Crippen LogP contribution in [-0.4, -0.2) is 12.4 Å². The van der Waals surface area contributed by atoms with Crippen LogP contribution in [0.1, 0.15) is 11.1 Å². The molecule has 0 saturated heterocycles. The molecule has 0 amide bonds. The van der Waals surface area contributed by atoms with Crippen LogP contribution in [0.4, 0.5) is 49.1 Å². The van der Waals surface area contributed by atoms with E-state index in [9.17, 15) is 26.3 Å². The quantitative estimate of drug-likeness (QED) is 0.190. The Labute approximate surface area is 243 Å². The van der Waals surface area contributed by atoms with Gasteiger partial charge in [0.25, 0.3) is 0 Å². The molecule has 0 heterocycles. The van der Waals surface area contributed by atoms with Gasteiger partial charge in [-0.3, -0.25) is 0 Å². The molecule has 6 aromatic rings. The van der Waals surface area contributed by atoms with Crippen molar-refractivity contribution in [3.8, 4) is 0 Å². The highest BCUT2D eigenvalue weighted by atomic mass is 19.4. The summed E-state index contributed by atoms with van der Waals surface area (Å²) in [5.74, 6) is 0. The van der Waals surface area contributed by atoms with Crippen molar-refractivity contribution in [1.29, 1.82) is 0 Å². The molecule has 8 heteroatoms. The Bertz CT molecular complexity index is 1740. The molecule has 0 unspecified atom stereocenters. The minimum atomic E-state index is -5.68. The first kappa shape index (κ1) is 28.2. The average Bonchev–Trinajstić information content (AvgIpc) is 2.98. The lowest BCUT2D eigenvalue weighted by Crippen LogP contribution is -2.54. The fourth-order valence-corrected chi connectivity index (χ4v) is 5.57. The third kappa shape index (κ3) is 5.03. The Morgan fingerprint density at radius 3 is 1.09 bits per heavy atom. The highest BCUT2D eigenvalue weighted by Gasteiger charge is 2.72. The van der Waals surface area contributed by atoms with Crippen molar-refractivity contribution in [2.24, 2.45) is 0 Å². The Kier molecular flexibility index (Phi) is 7.00. The van der Waals surface area contributed by atoms with Crippen molar-refractivity contribution in [2.75, 3.05) is 10.6 Å². The maximum Gasteiger partial charge on any atom is 0.411 e. The average molecular weight is 587 g/mol. The van der Waals surface area contributed by atoms with Gasteiger partial charge in [0, 0.05) is 33.5 Å². The molecule has 0 aromatic heterocycles. The van der Waals surface area contributed by atoms with Crippen molar-refractivity contribution >= 4 is 44.3 Å². The summed E-state index contributed by atoms with van der Waals surface area (Å²) in [5.41, 5.74) is -4.02. The zero-order valence-corrected chi connectivity index (χ0v) is 22.5. The third-order valence-electron chi connectivity index (χ3n) is 7.62. The van der Waals surface area contributed by atoms with Crippen LogP contribution in [0.25, 0.3) is 21.5 Å². The number of fused-ring (bicyclic) bond motifs is 2. The van der Waals surface area contributed by atoms with E-state index in [1.807, 2.05) is 72.8 Å². The lowest BCUT2D eigenvalue weighted by Gasteiger charge is -2.38. The summed E-state index contributed by atoms with van der Waals surface area (Å²) in [6.45, 7) is 0. The van der Waals surface area contributed by atoms with E-state index < -0.39 is 28.9 Å². The molecule has 43 heavy (non-hydrogen) atoms. The summed E-state index contributed by atoms with van der Waals surface area (Å²) >= 11 is 0. The standard InChI is InChI=1S/C35H24F6N2/c36-34(37,38)33(35(39,40)41,25-15-19-27(20-16-25)42-31-13-5-9-23-7-1-3-11-29(23)31)26-17-21-28(22-18-26)43-32-14-6-10-24-8-2-4-12-30(24)32/h1-22,42-43H. The largest absolute Gasteiger partial charge is 0.411 e. The topological polar surface area (TPSA) is 24.1 Å². The van der Waals surface area contributed by atoms with Crippen LogP contribution in [0.15, 0.2) is 133 Å². The van der Waals surface area contributed by atoms with Gasteiger partial charge in [0.05, 0.1) is 0 Å². The van der Waals surface area contributed by atoms with E-state index in [2.05, 4.69) is 10.6 Å². The number of anilines is 4. The van der Waals surface area contributed by atoms with Gasteiger partial charge in [-0.2, -0.15) is 26.3 Å². The van der Waals surface area contributed by atoms with E-state index in [-0.39, 0.29) is 0 Å². The van der Waals surface area contributed by atoms with Crippen LogP contribution in [0, 0.1) is 0 Å². The van der Waals surface area contributed by atoms with Crippen molar-refractivity contribution in [1.82, 2.24) is 0 Å². The lowest BCUT2D eigenvalue weighted by atomic mass is 9.73. The summed E-state index contributed by atoms with van der Waals surface area (Å²) in [6.07, 6.45) is -11.4. The van der Waals surface area contributed by atoms with E-state index in [1.165, 1.54) is 24.3 Å². The first-order chi connectivity index (χ1) is 20.6. The molecule has 2 nitrogen and oxygen atoms in total. The molecule has 0 aliphatic heterocycles. The number of alkyl halides is 6. The van der Waals surface area contributed by atoms with Gasteiger partial charge in [-0.15, -0.1) is 0 Å². The van der Waals surface area contributed by atoms with Crippen molar-refractivity contribution in [3.63, 3.8) is 0 Å². The van der Waals surface area contributed by atoms with Crippen molar-refractivity contribution in [2.45, 2.75) is 17.8 Å². The van der Waals surface area contributed by atoms with E-state index in [0.29, 0.717) is 22.7 Å². The van der Waals surface area contributed by atoms with Crippen molar-refractivity contribution in [3.05, 3.63) is 145 Å². The zero-order chi connectivity index (χ0) is 30.2. The lowest BCUT2D eigenvalue weighted by molar-refractivity contribution is -0.288. The highest BCUT2D eigenvalue weighted by Crippen LogP contribution is 2.56. The summed E-state index contributed by atoms with van der Waals surface area (Å²) in [4.78, 5) is 0. The Hall–Kier alpha value is -4.98. The summed E-state index contributed by atoms with van der Waals surface area (Å²) in [7, 11) is 0. The second-order valence-corrected chi connectivity index (χ2v) is 10.2. The molecule has 0 saturated carbocycles. The van der Waals surface area contributed by atoms with Crippen molar-refractivity contribution < 1.29 is 26.3 Å². The van der Waals surface area contributed by atoms with Crippen LogP contribution >= 0.6 is 0 Å². The predicted octanol–water partition coefficient (Wildman–Crippen LogP) is 10.9. The maximum atomic E-state index is 14.7. The fraction of sp³-hybridized carbons (Fsp3) is 0.0857. The van der Waals surface area contributed by atoms with Gasteiger partial charge in [-0.25, -0.2) is 0 Å². The first-order valence-corrected chi connectivity index (χ1v) is 13.4. The first-order valence-electron chi connectivity index (χ1n) is 13.4. The van der Waals surface area contributed by atoms with Gasteiger partial charge in [0.2, 0.25) is 5.41 Å². The minimum absolute atomic E-state index is 0.355. The molecule has 6 rings (SSSR count). The third-order valence-corrected chi connectivity index (χ3v) is 7.62. The Balaban J connectivity index is 1.36. The second-order valence-electron chi connectivity index (χ2n) is 10.2. The Morgan fingerprint density at radius 1 is 0.372 bits per heavy atom. The molecule has 0 aliphatic carbocycles. The zero-order valence-electron chi connectivity index (χ0n) is 22.5. The number of benzene rings is 6. The predicted molar refractivity (Wildman–Crippen MR) is 160 cm³/mol. The van der Waals surface area contributed by atoms with Crippen LogP contribution in [-0.2, 0) is 5.41 Å². The minimum Gasteiger partial charge on any atom is -0.355 e. The van der Waals surface area contributed by atoms with Crippen LogP contribution in [0.5, 0.6) is 0 Å². The number of hydrogen-bond donors (Lipinski definition) is 2. The molecular weight excluding hydrogens is 562 g/mol. The molecule has 6 aromatic carbocycles. The Morgan fingerprint density at radius 2 is 0.721 bits per heavy atom. The smallest absolute Gasteiger partial charge is 0.355 e. The molecule has 216 valence electrons. The number of nitrogens with one attached hydrogen (secondary N) is 2. The number of rotatable bonds is 6. The highest BCUT2D eigenvalue weighted by molar-refractivity contribution is 5.96. The van der Waals surface area contributed by atoms with Gasteiger partial charge < -0.3 is 10.6 Å². The van der Waals surface area contributed by atoms with Gasteiger partial charge >= 0.3 is 12.4 Å². The van der Waals surface area contributed by atoms with Crippen LogP contribution in [0.2, 0.25) is 0 Å².